The van der Waals surface area contributed by atoms with Crippen LogP contribution in [-0.4, -0.2) is 7.11 Å². The van der Waals surface area contributed by atoms with Crippen LogP contribution in [0.25, 0.3) is 0 Å². The van der Waals surface area contributed by atoms with Gasteiger partial charge >= 0.3 is 17.1 Å². The van der Waals surface area contributed by atoms with Crippen LogP contribution in [0.4, 0.5) is 0 Å². The van der Waals surface area contributed by atoms with Gasteiger partial charge in [0.15, 0.2) is 0 Å². The van der Waals surface area contributed by atoms with Crippen LogP contribution in [0.15, 0.2) is 24.3 Å². The maximum absolute atomic E-state index is 6.86. The Bertz CT molecular complexity index is 263. The summed E-state index contributed by atoms with van der Waals surface area (Å²) in [6.45, 7) is 0. The van der Waals surface area contributed by atoms with Crippen molar-refractivity contribution >= 4 is 0 Å². The molecule has 0 bridgehead atoms. The number of rotatable bonds is 1. The second-order valence-electron chi connectivity index (χ2n) is 1.83. The van der Waals surface area contributed by atoms with Crippen molar-refractivity contribution in [3.8, 4) is 11.7 Å². The number of hydrogen-bond donors (Lipinski definition) is 0. The fourth-order valence-electron chi connectivity index (χ4n) is 0.748. The molecule has 0 amide bonds. The number of benzene rings is 1. The predicted molar refractivity (Wildman–Crippen MR) is 39.2 cm³/mol. The first-order chi connectivity index (χ1) is 4.88. The van der Waals surface area contributed by atoms with Crippen LogP contribution in [0.2, 0.25) is 0 Å². The number of methoxy groups -OCH3 is 1. The van der Waals surface area contributed by atoms with Crippen LogP contribution in [0.1, 0.15) is 5.56 Å². The third-order valence-electron chi connectivity index (χ3n) is 1.24. The largest absolute Gasteiger partial charge is 1.00 e. The molecule has 0 radical (unpaired) electrons. The summed E-state index contributed by atoms with van der Waals surface area (Å²) in [7, 11) is 1.58. The molecule has 0 saturated carbocycles. The van der Waals surface area contributed by atoms with Crippen molar-refractivity contribution in [2.24, 2.45) is 0 Å². The van der Waals surface area contributed by atoms with Gasteiger partial charge in [0.05, 0.1) is 12.9 Å². The van der Waals surface area contributed by atoms with E-state index in [1.54, 1.807) is 19.2 Å². The van der Waals surface area contributed by atoms with E-state index < -0.39 is 0 Å². The van der Waals surface area contributed by atoms with Gasteiger partial charge in [-0.2, -0.15) is 0 Å². The fourth-order valence-corrected chi connectivity index (χ4v) is 0.748. The van der Waals surface area contributed by atoms with E-state index in [0.29, 0.717) is 11.3 Å². The second kappa shape index (κ2) is 4.85. The van der Waals surface area contributed by atoms with E-state index >= 15 is 0 Å². The molecular weight excluding hydrogens is 188 g/mol. The predicted octanol–water partition coefficient (Wildman–Crippen LogP) is 1.63. The van der Waals surface area contributed by atoms with Gasteiger partial charge < -0.3 is 11.2 Å². The van der Waals surface area contributed by atoms with Crippen molar-refractivity contribution in [1.82, 2.24) is 0 Å². The Balaban J connectivity index is 0.000001000. The quantitative estimate of drug-likeness (QED) is 0.375. The van der Waals surface area contributed by atoms with E-state index in [1.807, 2.05) is 12.1 Å². The number of hydrogen-bond acceptors (Lipinski definition) is 1. The summed E-state index contributed by atoms with van der Waals surface area (Å²) < 4.78 is 4.95. The minimum Gasteiger partial charge on any atom is -0.514 e. The van der Waals surface area contributed by atoms with Gasteiger partial charge in [-0.15, -0.1) is 6.07 Å². The molecule has 1 aromatic rings. The first kappa shape index (κ1) is 10.1. The molecule has 0 atom stereocenters. The molecule has 60 valence electrons. The third-order valence-corrected chi connectivity index (χ3v) is 1.24. The summed E-state index contributed by atoms with van der Waals surface area (Å²) in [6, 6.07) is 7.29. The van der Waals surface area contributed by atoms with Crippen molar-refractivity contribution in [1.29, 1.82) is 0 Å². The zero-order valence-electron chi connectivity index (χ0n) is 6.02. The molecule has 0 spiro atoms. The Labute approximate surface area is 77.2 Å². The molecule has 0 unspecified atom stereocenters. The van der Waals surface area contributed by atoms with Gasteiger partial charge in [0, 0.05) is 0 Å². The van der Waals surface area contributed by atoms with Gasteiger partial charge in [-0.25, -0.2) is 0 Å². The summed E-state index contributed by atoms with van der Waals surface area (Å²) in [4.78, 5) is 0. The first-order valence-electron chi connectivity index (χ1n) is 2.94. The number of ether oxygens (including phenoxy) is 1. The average Bonchev–Trinajstić information content (AvgIpc) is 2.04. The summed E-state index contributed by atoms with van der Waals surface area (Å²) in [5.41, 5.74) is 0.685. The summed E-state index contributed by atoms with van der Waals surface area (Å²) in [5.74, 6) is 2.96. The minimum atomic E-state index is 0. The maximum Gasteiger partial charge on any atom is 1.00 e. The Morgan fingerprint density at radius 1 is 1.36 bits per heavy atom. The van der Waals surface area contributed by atoms with Gasteiger partial charge in [-0.05, 0) is 6.07 Å². The molecular formula is C9H7CuO. The van der Waals surface area contributed by atoms with Crippen LogP contribution in [0.3, 0.4) is 0 Å². The molecule has 0 N–H and O–H groups in total. The Kier molecular flexibility index (Phi) is 4.45. The van der Waals surface area contributed by atoms with Crippen molar-refractivity contribution in [2.75, 3.05) is 7.11 Å². The summed E-state index contributed by atoms with van der Waals surface area (Å²) in [5, 5.41) is 0. The monoisotopic (exact) mass is 194 g/mol. The topological polar surface area (TPSA) is 9.23 Å². The molecule has 0 aromatic heterocycles. The van der Waals surface area contributed by atoms with Crippen LogP contribution in [-0.2, 0) is 17.1 Å². The first-order valence-corrected chi connectivity index (χ1v) is 2.94. The van der Waals surface area contributed by atoms with Crippen molar-refractivity contribution in [2.45, 2.75) is 0 Å². The van der Waals surface area contributed by atoms with Crippen LogP contribution in [0, 0.1) is 12.3 Å². The zero-order valence-corrected chi connectivity index (χ0v) is 6.96. The van der Waals surface area contributed by atoms with Crippen molar-refractivity contribution in [3.05, 3.63) is 36.3 Å². The molecule has 1 rings (SSSR count). The van der Waals surface area contributed by atoms with Gasteiger partial charge in [-0.1, -0.05) is 17.7 Å². The van der Waals surface area contributed by atoms with Crippen molar-refractivity contribution < 1.29 is 21.8 Å². The van der Waals surface area contributed by atoms with Crippen LogP contribution < -0.4 is 4.74 Å². The second-order valence-corrected chi connectivity index (χ2v) is 1.83. The van der Waals surface area contributed by atoms with Gasteiger partial charge in [0.1, 0.15) is 0 Å². The van der Waals surface area contributed by atoms with Crippen molar-refractivity contribution in [3.63, 3.8) is 0 Å². The molecule has 0 fully saturated rings. The Hall–Kier alpha value is -0.901. The molecule has 0 saturated heterocycles. The van der Waals surface area contributed by atoms with Gasteiger partial charge in [0.25, 0.3) is 0 Å². The van der Waals surface area contributed by atoms with E-state index in [0.717, 1.165) is 0 Å². The van der Waals surface area contributed by atoms with Crippen LogP contribution in [0.5, 0.6) is 5.75 Å². The molecule has 0 heterocycles. The smallest absolute Gasteiger partial charge is 0.514 e. The normalized spacial score (nSPS) is 7.64. The molecule has 1 nitrogen and oxygen atoms in total. The van der Waals surface area contributed by atoms with E-state index in [-0.39, 0.29) is 17.1 Å². The maximum atomic E-state index is 6.86. The SMILES string of the molecule is [C-]#Cc1ccccc1OC.[Cu+]. The van der Waals surface area contributed by atoms with E-state index in [1.165, 1.54) is 0 Å². The van der Waals surface area contributed by atoms with Gasteiger partial charge in [0.2, 0.25) is 0 Å². The molecule has 2 heteroatoms. The summed E-state index contributed by atoms with van der Waals surface area (Å²) >= 11 is 0. The molecule has 0 aliphatic carbocycles. The van der Waals surface area contributed by atoms with Gasteiger partial charge in [-0.3, -0.25) is 5.92 Å². The van der Waals surface area contributed by atoms with Crippen LogP contribution >= 0.6 is 0 Å². The van der Waals surface area contributed by atoms with E-state index in [9.17, 15) is 0 Å². The third kappa shape index (κ3) is 2.31. The Morgan fingerprint density at radius 3 is 2.45 bits per heavy atom. The molecule has 0 aliphatic heterocycles. The summed E-state index contributed by atoms with van der Waals surface area (Å²) in [6.07, 6.45) is 6.86. The Morgan fingerprint density at radius 2 is 2.00 bits per heavy atom. The minimum absolute atomic E-state index is 0. The standard InChI is InChI=1S/C9H7O.Cu/c1-3-8-6-4-5-7-9(8)10-2;/h4-7H,2H3;/q-1;+1. The zero-order chi connectivity index (χ0) is 7.40. The average molecular weight is 195 g/mol. The molecule has 11 heavy (non-hydrogen) atoms. The molecule has 1 aromatic carbocycles. The molecule has 0 aliphatic rings. The van der Waals surface area contributed by atoms with E-state index in [4.69, 9.17) is 11.2 Å². The fraction of sp³-hybridized carbons (Fsp3) is 0.111. The van der Waals surface area contributed by atoms with E-state index in [2.05, 4.69) is 5.92 Å². The number of para-hydroxylation sites is 1.